The number of hydrogen-bond acceptors (Lipinski definition) is 4. The highest BCUT2D eigenvalue weighted by Gasteiger charge is 2.20. The Kier molecular flexibility index (Phi) is 4.04. The Balaban J connectivity index is 2.44. The van der Waals surface area contributed by atoms with Crippen molar-refractivity contribution in [2.24, 2.45) is 0 Å². The van der Waals surface area contributed by atoms with E-state index in [4.69, 9.17) is 10.5 Å². The van der Waals surface area contributed by atoms with Crippen molar-refractivity contribution in [1.29, 1.82) is 0 Å². The van der Waals surface area contributed by atoms with E-state index in [1.165, 1.54) is 37.4 Å². The minimum absolute atomic E-state index is 0.0239. The third kappa shape index (κ3) is 3.08. The summed E-state index contributed by atoms with van der Waals surface area (Å²) in [6.45, 7) is 1.61. The molecule has 0 fully saturated rings. The number of para-hydroxylation sites is 1. The van der Waals surface area contributed by atoms with Crippen LogP contribution in [0.5, 0.6) is 5.75 Å². The Hall–Kier alpha value is -2.28. The molecule has 0 heterocycles. The molecule has 7 heteroatoms. The highest BCUT2D eigenvalue weighted by Crippen LogP contribution is 2.27. The molecule has 0 aliphatic heterocycles. The second-order valence-corrected chi connectivity index (χ2v) is 6.09. The molecular weight excluding hydrogens is 295 g/mol. The summed E-state index contributed by atoms with van der Waals surface area (Å²) in [5.74, 6) is -0.209. The molecule has 0 unspecified atom stereocenters. The number of sulfonamides is 1. The molecule has 0 saturated heterocycles. The number of nitrogen functional groups attached to an aromatic ring is 1. The van der Waals surface area contributed by atoms with Crippen molar-refractivity contribution in [2.45, 2.75) is 11.8 Å². The number of hydrogen-bond donors (Lipinski definition) is 2. The van der Waals surface area contributed by atoms with E-state index in [0.29, 0.717) is 11.3 Å². The van der Waals surface area contributed by atoms with Crippen molar-refractivity contribution >= 4 is 21.4 Å². The SMILES string of the molecule is COc1ccc(S(=O)(=O)Nc2c(C)cccc2F)c(N)c1. The molecule has 0 aliphatic carbocycles. The molecular formula is C14H15FN2O3S. The summed E-state index contributed by atoms with van der Waals surface area (Å²) in [6.07, 6.45) is 0. The fourth-order valence-corrected chi connectivity index (χ4v) is 3.10. The minimum atomic E-state index is -3.98. The highest BCUT2D eigenvalue weighted by molar-refractivity contribution is 7.92. The number of halogens is 1. The summed E-state index contributed by atoms with van der Waals surface area (Å²) in [5, 5.41) is 0. The van der Waals surface area contributed by atoms with E-state index in [1.807, 2.05) is 0 Å². The van der Waals surface area contributed by atoms with E-state index in [-0.39, 0.29) is 16.3 Å². The number of methoxy groups -OCH3 is 1. The van der Waals surface area contributed by atoms with Gasteiger partial charge in [0.05, 0.1) is 18.5 Å². The van der Waals surface area contributed by atoms with E-state index in [9.17, 15) is 12.8 Å². The van der Waals surface area contributed by atoms with Crippen LogP contribution in [0.25, 0.3) is 0 Å². The lowest BCUT2D eigenvalue weighted by molar-refractivity contribution is 0.414. The second kappa shape index (κ2) is 5.61. The van der Waals surface area contributed by atoms with Gasteiger partial charge in [-0.1, -0.05) is 12.1 Å². The van der Waals surface area contributed by atoms with Crippen LogP contribution in [0.2, 0.25) is 0 Å². The lowest BCUT2D eigenvalue weighted by atomic mass is 10.2. The molecule has 0 atom stereocenters. The topological polar surface area (TPSA) is 81.4 Å². The third-order valence-electron chi connectivity index (χ3n) is 2.96. The van der Waals surface area contributed by atoms with Gasteiger partial charge in [-0.05, 0) is 30.7 Å². The molecule has 0 aliphatic rings. The first kappa shape index (κ1) is 15.1. The standard InChI is InChI=1S/C14H15FN2O3S/c1-9-4-3-5-11(15)14(9)17-21(18,19)13-7-6-10(20-2)8-12(13)16/h3-8,17H,16H2,1-2H3. The van der Waals surface area contributed by atoms with Crippen LogP contribution in [0.15, 0.2) is 41.3 Å². The van der Waals surface area contributed by atoms with Gasteiger partial charge in [0.15, 0.2) is 0 Å². The first-order valence-electron chi connectivity index (χ1n) is 6.06. The van der Waals surface area contributed by atoms with Gasteiger partial charge in [-0.3, -0.25) is 4.72 Å². The van der Waals surface area contributed by atoms with Crippen molar-refractivity contribution in [3.63, 3.8) is 0 Å². The molecule has 5 nitrogen and oxygen atoms in total. The predicted octanol–water partition coefficient (Wildman–Crippen LogP) is 2.53. The summed E-state index contributed by atoms with van der Waals surface area (Å²) in [6, 6.07) is 8.47. The van der Waals surface area contributed by atoms with E-state index in [0.717, 1.165) is 0 Å². The maximum Gasteiger partial charge on any atom is 0.264 e. The number of nitrogens with two attached hydrogens (primary N) is 1. The van der Waals surface area contributed by atoms with E-state index in [2.05, 4.69) is 4.72 Å². The molecule has 2 rings (SSSR count). The Morgan fingerprint density at radius 2 is 1.95 bits per heavy atom. The molecule has 0 radical (unpaired) electrons. The van der Waals surface area contributed by atoms with Gasteiger partial charge in [-0.2, -0.15) is 0 Å². The van der Waals surface area contributed by atoms with Gasteiger partial charge in [0.1, 0.15) is 16.5 Å². The smallest absolute Gasteiger partial charge is 0.264 e. The summed E-state index contributed by atoms with van der Waals surface area (Å²) in [7, 11) is -2.54. The second-order valence-electron chi connectivity index (χ2n) is 4.44. The van der Waals surface area contributed by atoms with Crippen molar-refractivity contribution in [3.8, 4) is 5.75 Å². The molecule has 0 spiro atoms. The van der Waals surface area contributed by atoms with Crippen LogP contribution >= 0.6 is 0 Å². The summed E-state index contributed by atoms with van der Waals surface area (Å²) in [5.41, 5.74) is 6.13. The molecule has 2 aromatic rings. The lowest BCUT2D eigenvalue weighted by Crippen LogP contribution is -2.16. The molecule has 0 saturated carbocycles. The molecule has 3 N–H and O–H groups in total. The van der Waals surface area contributed by atoms with Gasteiger partial charge in [-0.25, -0.2) is 12.8 Å². The van der Waals surface area contributed by atoms with E-state index >= 15 is 0 Å². The Bertz CT molecular complexity index is 756. The summed E-state index contributed by atoms with van der Waals surface area (Å²) < 4.78 is 45.6. The maximum absolute atomic E-state index is 13.7. The quantitative estimate of drug-likeness (QED) is 0.850. The van der Waals surface area contributed by atoms with Crippen LogP contribution in [0.4, 0.5) is 15.8 Å². The zero-order valence-corrected chi connectivity index (χ0v) is 12.4. The first-order valence-corrected chi connectivity index (χ1v) is 7.55. The van der Waals surface area contributed by atoms with Crippen LogP contribution in [0, 0.1) is 12.7 Å². The van der Waals surface area contributed by atoms with Gasteiger partial charge >= 0.3 is 0 Å². The van der Waals surface area contributed by atoms with E-state index in [1.54, 1.807) is 13.0 Å². The van der Waals surface area contributed by atoms with Crippen LogP contribution < -0.4 is 15.2 Å². The van der Waals surface area contributed by atoms with Crippen LogP contribution in [-0.2, 0) is 10.0 Å². The fraction of sp³-hybridized carbons (Fsp3) is 0.143. The van der Waals surface area contributed by atoms with Crippen LogP contribution in [0.1, 0.15) is 5.56 Å². The average molecular weight is 310 g/mol. The molecule has 2 aromatic carbocycles. The largest absolute Gasteiger partial charge is 0.497 e. The van der Waals surface area contributed by atoms with Crippen molar-refractivity contribution in [3.05, 3.63) is 47.8 Å². The van der Waals surface area contributed by atoms with Crippen molar-refractivity contribution in [1.82, 2.24) is 0 Å². The Morgan fingerprint density at radius 3 is 2.52 bits per heavy atom. The third-order valence-corrected chi connectivity index (χ3v) is 4.39. The number of nitrogens with one attached hydrogen (secondary N) is 1. The van der Waals surface area contributed by atoms with E-state index < -0.39 is 15.8 Å². The maximum atomic E-state index is 13.7. The van der Waals surface area contributed by atoms with Crippen molar-refractivity contribution in [2.75, 3.05) is 17.6 Å². The highest BCUT2D eigenvalue weighted by atomic mass is 32.2. The van der Waals surface area contributed by atoms with Gasteiger partial charge in [0, 0.05) is 6.07 Å². The van der Waals surface area contributed by atoms with Crippen molar-refractivity contribution < 1.29 is 17.5 Å². The summed E-state index contributed by atoms with van der Waals surface area (Å²) in [4.78, 5) is -0.133. The lowest BCUT2D eigenvalue weighted by Gasteiger charge is -2.13. The fourth-order valence-electron chi connectivity index (χ4n) is 1.85. The van der Waals surface area contributed by atoms with Gasteiger partial charge in [0.2, 0.25) is 0 Å². The predicted molar refractivity (Wildman–Crippen MR) is 79.4 cm³/mol. The number of aryl methyl sites for hydroxylation is 1. The average Bonchev–Trinajstić information content (AvgIpc) is 2.42. The first-order chi connectivity index (χ1) is 9.85. The molecule has 0 bridgehead atoms. The monoisotopic (exact) mass is 310 g/mol. The normalized spacial score (nSPS) is 11.2. The molecule has 0 amide bonds. The van der Waals surface area contributed by atoms with Gasteiger partial charge in [0.25, 0.3) is 10.0 Å². The van der Waals surface area contributed by atoms with Gasteiger partial charge < -0.3 is 10.5 Å². The zero-order chi connectivity index (χ0) is 15.6. The van der Waals surface area contributed by atoms with Gasteiger partial charge in [-0.15, -0.1) is 0 Å². The number of ether oxygens (including phenoxy) is 1. The molecule has 112 valence electrons. The zero-order valence-electron chi connectivity index (χ0n) is 11.6. The Labute approximate surface area is 122 Å². The number of rotatable bonds is 4. The van der Waals surface area contributed by atoms with Crippen LogP contribution in [-0.4, -0.2) is 15.5 Å². The summed E-state index contributed by atoms with van der Waals surface area (Å²) >= 11 is 0. The number of anilines is 2. The Morgan fingerprint density at radius 1 is 1.24 bits per heavy atom. The number of benzene rings is 2. The van der Waals surface area contributed by atoms with Crippen LogP contribution in [0.3, 0.4) is 0 Å². The molecule has 21 heavy (non-hydrogen) atoms. The minimum Gasteiger partial charge on any atom is -0.497 e. The molecule has 0 aromatic heterocycles.